The Labute approximate surface area is 177 Å². The van der Waals surface area contributed by atoms with E-state index < -0.39 is 0 Å². The van der Waals surface area contributed by atoms with E-state index in [9.17, 15) is 0 Å². The van der Waals surface area contributed by atoms with Gasteiger partial charge >= 0.3 is 0 Å². The van der Waals surface area contributed by atoms with E-state index in [1.54, 1.807) is 18.4 Å². The molecule has 0 aliphatic heterocycles. The van der Waals surface area contributed by atoms with E-state index in [1.165, 1.54) is 30.5 Å². The second-order valence-corrected chi connectivity index (χ2v) is 7.72. The lowest BCUT2D eigenvalue weighted by molar-refractivity contribution is 0.340. The van der Waals surface area contributed by atoms with Gasteiger partial charge in [-0.15, -0.1) is 11.3 Å². The molecular weight excluding hydrogens is 380 g/mol. The summed E-state index contributed by atoms with van der Waals surface area (Å²) in [4.78, 5) is 5.95. The molecular formula is C24H30N2O2S. The van der Waals surface area contributed by atoms with Crippen molar-refractivity contribution < 1.29 is 9.47 Å². The van der Waals surface area contributed by atoms with Gasteiger partial charge in [-0.25, -0.2) is 4.99 Å². The van der Waals surface area contributed by atoms with Crippen LogP contribution < -0.4 is 14.3 Å². The van der Waals surface area contributed by atoms with Gasteiger partial charge in [-0.05, 0) is 67.4 Å². The van der Waals surface area contributed by atoms with Gasteiger partial charge in [0.15, 0.2) is 4.80 Å². The molecule has 0 spiro atoms. The smallest absolute Gasteiger partial charge is 0.190 e. The number of unbranched alkanes of at least 4 members (excludes halogenated alkanes) is 3. The lowest BCUT2D eigenvalue weighted by Gasteiger charge is -2.10. The molecule has 0 atom stereocenters. The number of methoxy groups -OCH3 is 1. The summed E-state index contributed by atoms with van der Waals surface area (Å²) < 4.78 is 13.2. The molecule has 0 radical (unpaired) electrons. The number of hydrogen-bond donors (Lipinski definition) is 0. The van der Waals surface area contributed by atoms with Crippen LogP contribution in [0.15, 0.2) is 58.9 Å². The number of benzene rings is 2. The third-order valence-corrected chi connectivity index (χ3v) is 5.65. The molecule has 0 saturated heterocycles. The van der Waals surface area contributed by atoms with Crippen LogP contribution in [0.25, 0.3) is 11.3 Å². The van der Waals surface area contributed by atoms with Gasteiger partial charge in [0, 0.05) is 11.9 Å². The van der Waals surface area contributed by atoms with E-state index in [-0.39, 0.29) is 0 Å². The van der Waals surface area contributed by atoms with Gasteiger partial charge in [-0.3, -0.25) is 0 Å². The van der Waals surface area contributed by atoms with Crippen LogP contribution in [0.3, 0.4) is 0 Å². The van der Waals surface area contributed by atoms with Crippen LogP contribution in [0.4, 0.5) is 5.69 Å². The fourth-order valence-corrected chi connectivity index (χ4v) is 4.17. The third-order valence-electron chi connectivity index (χ3n) is 4.79. The zero-order chi connectivity index (χ0) is 20.5. The minimum absolute atomic E-state index is 0.671. The van der Waals surface area contributed by atoms with Crippen molar-refractivity contribution in [3.63, 3.8) is 0 Å². The van der Waals surface area contributed by atoms with Gasteiger partial charge in [0.25, 0.3) is 0 Å². The number of rotatable bonds is 10. The van der Waals surface area contributed by atoms with Gasteiger partial charge < -0.3 is 14.0 Å². The van der Waals surface area contributed by atoms with Crippen molar-refractivity contribution in [1.29, 1.82) is 0 Å². The number of hydrogen-bond acceptors (Lipinski definition) is 4. The highest BCUT2D eigenvalue weighted by Gasteiger charge is 2.09. The van der Waals surface area contributed by atoms with Gasteiger partial charge in [0.1, 0.15) is 11.5 Å². The molecule has 2 aromatic carbocycles. The van der Waals surface area contributed by atoms with Crippen molar-refractivity contribution in [3.8, 4) is 22.8 Å². The van der Waals surface area contributed by atoms with Crippen molar-refractivity contribution in [3.05, 3.63) is 58.7 Å². The van der Waals surface area contributed by atoms with E-state index in [4.69, 9.17) is 14.5 Å². The van der Waals surface area contributed by atoms with Gasteiger partial charge in [-0.2, -0.15) is 0 Å². The zero-order valence-corrected chi connectivity index (χ0v) is 18.4. The Morgan fingerprint density at radius 2 is 1.62 bits per heavy atom. The summed E-state index contributed by atoms with van der Waals surface area (Å²) in [5.74, 6) is 1.75. The second-order valence-electron chi connectivity index (χ2n) is 6.88. The Morgan fingerprint density at radius 1 is 0.897 bits per heavy atom. The predicted molar refractivity (Wildman–Crippen MR) is 121 cm³/mol. The second kappa shape index (κ2) is 10.9. The molecule has 0 amide bonds. The molecule has 4 nitrogen and oxygen atoms in total. The molecule has 1 aromatic heterocycles. The average molecular weight is 411 g/mol. The fourth-order valence-electron chi connectivity index (χ4n) is 3.22. The van der Waals surface area contributed by atoms with Crippen molar-refractivity contribution in [2.24, 2.45) is 4.99 Å². The first-order chi connectivity index (χ1) is 14.2. The van der Waals surface area contributed by atoms with E-state index >= 15 is 0 Å². The van der Waals surface area contributed by atoms with E-state index in [0.29, 0.717) is 6.61 Å². The first-order valence-corrected chi connectivity index (χ1v) is 11.2. The molecule has 3 aromatic rings. The van der Waals surface area contributed by atoms with Gasteiger partial charge in [-0.1, -0.05) is 26.2 Å². The van der Waals surface area contributed by atoms with Crippen LogP contribution >= 0.6 is 11.3 Å². The number of thiazole rings is 1. The van der Waals surface area contributed by atoms with Crippen LogP contribution in [0.1, 0.15) is 39.5 Å². The summed E-state index contributed by atoms with van der Waals surface area (Å²) in [7, 11) is 1.70. The first kappa shape index (κ1) is 21.2. The SMILES string of the molecule is CCCCCCn1c(-c2ccc(OC)cc2)csc1=Nc1ccc(OCC)cc1. The van der Waals surface area contributed by atoms with Gasteiger partial charge in [0.05, 0.1) is 25.1 Å². The fraction of sp³-hybridized carbons (Fsp3) is 0.375. The maximum atomic E-state index is 5.54. The molecule has 0 unspecified atom stereocenters. The van der Waals surface area contributed by atoms with Crippen molar-refractivity contribution >= 4 is 17.0 Å². The molecule has 0 aliphatic rings. The van der Waals surface area contributed by atoms with Crippen LogP contribution in [0.5, 0.6) is 11.5 Å². The lowest BCUT2D eigenvalue weighted by Crippen LogP contribution is -2.16. The van der Waals surface area contributed by atoms with Crippen molar-refractivity contribution in [2.45, 2.75) is 46.1 Å². The van der Waals surface area contributed by atoms with Gasteiger partial charge in [0.2, 0.25) is 0 Å². The topological polar surface area (TPSA) is 35.8 Å². The molecule has 29 heavy (non-hydrogen) atoms. The van der Waals surface area contributed by atoms with Crippen molar-refractivity contribution in [1.82, 2.24) is 4.57 Å². The predicted octanol–water partition coefficient (Wildman–Crippen LogP) is 6.44. The third kappa shape index (κ3) is 5.73. The minimum atomic E-state index is 0.671. The summed E-state index contributed by atoms with van der Waals surface area (Å²) in [5.41, 5.74) is 3.34. The molecule has 0 aliphatic carbocycles. The highest BCUT2D eigenvalue weighted by molar-refractivity contribution is 7.07. The molecule has 0 bridgehead atoms. The maximum absolute atomic E-state index is 5.54. The Hall–Kier alpha value is -2.53. The maximum Gasteiger partial charge on any atom is 0.190 e. The number of nitrogens with zero attached hydrogens (tertiary/aromatic N) is 2. The standard InChI is InChI=1S/C24H30N2O2S/c1-4-6-7-8-17-26-23(19-9-13-21(27-3)14-10-19)18-29-24(26)25-20-11-15-22(16-12-20)28-5-2/h9-16,18H,4-8,17H2,1-3H3. The highest BCUT2D eigenvalue weighted by atomic mass is 32.1. The van der Waals surface area contributed by atoms with E-state index in [1.807, 2.05) is 43.3 Å². The molecule has 0 N–H and O–H groups in total. The Morgan fingerprint density at radius 3 is 2.28 bits per heavy atom. The highest BCUT2D eigenvalue weighted by Crippen LogP contribution is 2.24. The number of ether oxygens (including phenoxy) is 2. The molecule has 5 heteroatoms. The number of aromatic nitrogens is 1. The summed E-state index contributed by atoms with van der Waals surface area (Å²) >= 11 is 1.69. The summed E-state index contributed by atoms with van der Waals surface area (Å²) in [5, 5.41) is 2.20. The molecule has 0 fully saturated rings. The van der Waals surface area contributed by atoms with Crippen LogP contribution in [0.2, 0.25) is 0 Å². The summed E-state index contributed by atoms with van der Waals surface area (Å²) in [6, 6.07) is 16.2. The largest absolute Gasteiger partial charge is 0.497 e. The minimum Gasteiger partial charge on any atom is -0.497 e. The van der Waals surface area contributed by atoms with E-state index in [2.05, 4.69) is 29.0 Å². The quantitative estimate of drug-likeness (QED) is 0.361. The van der Waals surface area contributed by atoms with Crippen LogP contribution in [-0.4, -0.2) is 18.3 Å². The van der Waals surface area contributed by atoms with Crippen LogP contribution in [-0.2, 0) is 6.54 Å². The molecule has 3 rings (SSSR count). The first-order valence-electron chi connectivity index (χ1n) is 10.4. The normalized spacial score (nSPS) is 11.6. The summed E-state index contributed by atoms with van der Waals surface area (Å²) in [6.07, 6.45) is 4.91. The van der Waals surface area contributed by atoms with Crippen LogP contribution in [0, 0.1) is 0 Å². The Kier molecular flexibility index (Phi) is 7.94. The Bertz CT molecular complexity index is 940. The monoisotopic (exact) mass is 410 g/mol. The molecule has 154 valence electrons. The average Bonchev–Trinajstić information content (AvgIpc) is 3.15. The Balaban J connectivity index is 1.93. The van der Waals surface area contributed by atoms with Crippen molar-refractivity contribution in [2.75, 3.05) is 13.7 Å². The molecule has 1 heterocycles. The molecule has 0 saturated carbocycles. The van der Waals surface area contributed by atoms with E-state index in [0.717, 1.165) is 35.0 Å². The zero-order valence-electron chi connectivity index (χ0n) is 17.6. The lowest BCUT2D eigenvalue weighted by atomic mass is 10.1. The summed E-state index contributed by atoms with van der Waals surface area (Å²) in [6.45, 7) is 5.88.